The summed E-state index contributed by atoms with van der Waals surface area (Å²) in [5.74, 6) is -0.344. The predicted octanol–water partition coefficient (Wildman–Crippen LogP) is 5.50. The number of anilines is 1. The van der Waals surface area contributed by atoms with E-state index in [9.17, 15) is 4.39 Å². The van der Waals surface area contributed by atoms with E-state index in [0.717, 1.165) is 11.1 Å². The maximum absolute atomic E-state index is 13.8. The van der Waals surface area contributed by atoms with E-state index in [1.807, 2.05) is 0 Å². The number of fused-ring (bicyclic) bond motifs is 1. The first-order chi connectivity index (χ1) is 9.04. The van der Waals surface area contributed by atoms with Gasteiger partial charge in [-0.3, -0.25) is 0 Å². The highest BCUT2D eigenvalue weighted by molar-refractivity contribution is 6.33. The van der Waals surface area contributed by atoms with Crippen LogP contribution in [0.25, 0.3) is 0 Å². The molecule has 3 rings (SSSR count). The monoisotopic (exact) mass is 315 g/mol. The van der Waals surface area contributed by atoms with Crippen LogP contribution in [-0.4, -0.2) is 0 Å². The molecule has 0 aromatic heterocycles. The maximum atomic E-state index is 13.8. The van der Waals surface area contributed by atoms with E-state index in [1.54, 1.807) is 24.3 Å². The van der Waals surface area contributed by atoms with Gasteiger partial charge in [0.2, 0.25) is 0 Å². The summed E-state index contributed by atoms with van der Waals surface area (Å²) in [7, 11) is 0. The van der Waals surface area contributed by atoms with E-state index in [2.05, 4.69) is 5.32 Å². The van der Waals surface area contributed by atoms with Gasteiger partial charge in [-0.2, -0.15) is 0 Å². The first kappa shape index (κ1) is 13.0. The fourth-order valence-electron chi connectivity index (χ4n) is 2.36. The van der Waals surface area contributed by atoms with Crippen molar-refractivity contribution in [3.8, 4) is 0 Å². The molecule has 0 radical (unpaired) electrons. The first-order valence-electron chi connectivity index (χ1n) is 5.74. The van der Waals surface area contributed by atoms with Crippen molar-refractivity contribution < 1.29 is 4.39 Å². The molecule has 1 N–H and O–H groups in total. The predicted molar refractivity (Wildman–Crippen MR) is 77.9 cm³/mol. The summed E-state index contributed by atoms with van der Waals surface area (Å²) in [5, 5.41) is 4.76. The smallest absolute Gasteiger partial charge is 0.148 e. The molecular weight excluding hydrogens is 308 g/mol. The number of hydrogen-bond donors (Lipinski definition) is 1. The van der Waals surface area contributed by atoms with E-state index in [1.165, 1.54) is 6.07 Å². The lowest BCUT2D eigenvalue weighted by molar-refractivity contribution is 0.631. The lowest BCUT2D eigenvalue weighted by atomic mass is 10.0. The highest BCUT2D eigenvalue weighted by Gasteiger charge is 2.26. The molecule has 19 heavy (non-hydrogen) atoms. The van der Waals surface area contributed by atoms with Gasteiger partial charge in [-0.1, -0.05) is 34.8 Å². The van der Waals surface area contributed by atoms with E-state index >= 15 is 0 Å². The normalized spacial score (nSPS) is 17.2. The Morgan fingerprint density at radius 3 is 2.63 bits per heavy atom. The number of halogens is 4. The third kappa shape index (κ3) is 2.40. The van der Waals surface area contributed by atoms with Gasteiger partial charge in [-0.25, -0.2) is 4.39 Å². The molecule has 98 valence electrons. The molecule has 0 aliphatic carbocycles. The van der Waals surface area contributed by atoms with Crippen molar-refractivity contribution in [1.29, 1.82) is 0 Å². The molecule has 1 nitrogen and oxygen atoms in total. The zero-order valence-corrected chi connectivity index (χ0v) is 12.0. The van der Waals surface area contributed by atoms with Gasteiger partial charge in [0.05, 0.1) is 11.7 Å². The number of benzene rings is 2. The zero-order chi connectivity index (χ0) is 13.6. The van der Waals surface area contributed by atoms with Crippen molar-refractivity contribution in [2.75, 3.05) is 5.32 Å². The molecule has 0 spiro atoms. The minimum absolute atomic E-state index is 0.0887. The van der Waals surface area contributed by atoms with Crippen LogP contribution in [0.4, 0.5) is 10.1 Å². The van der Waals surface area contributed by atoms with Crippen LogP contribution in [0, 0.1) is 5.82 Å². The number of hydrogen-bond acceptors (Lipinski definition) is 1. The van der Waals surface area contributed by atoms with E-state index < -0.39 is 0 Å². The van der Waals surface area contributed by atoms with Crippen molar-refractivity contribution in [3.05, 3.63) is 62.3 Å². The Kier molecular flexibility index (Phi) is 3.34. The summed E-state index contributed by atoms with van der Waals surface area (Å²) in [4.78, 5) is 0. The first-order valence-corrected chi connectivity index (χ1v) is 6.87. The molecule has 1 heterocycles. The van der Waals surface area contributed by atoms with Gasteiger partial charge >= 0.3 is 0 Å². The fraction of sp³-hybridized carbons (Fsp3) is 0.143. The number of nitrogens with one attached hydrogen (secondary N) is 1. The maximum Gasteiger partial charge on any atom is 0.148 e. The molecule has 0 saturated heterocycles. The lowest BCUT2D eigenvalue weighted by Crippen LogP contribution is -2.06. The standard InChI is InChI=1S/C14H9Cl3FN/c15-8-1-2-11(17)10(5-8)13-4-7-3-9(16)6-12(18)14(7)19-13/h1-3,5-6,13,19H,4H2. The third-order valence-corrected chi connectivity index (χ3v) is 4.01. The van der Waals surface area contributed by atoms with E-state index in [0.29, 0.717) is 27.2 Å². The topological polar surface area (TPSA) is 12.0 Å². The molecule has 5 heteroatoms. The summed E-state index contributed by atoms with van der Waals surface area (Å²) >= 11 is 18.0. The average molecular weight is 317 g/mol. The quantitative estimate of drug-likeness (QED) is 0.733. The van der Waals surface area contributed by atoms with Crippen LogP contribution < -0.4 is 5.32 Å². The molecule has 0 fully saturated rings. The van der Waals surface area contributed by atoms with Crippen LogP contribution >= 0.6 is 34.8 Å². The Hall–Kier alpha value is -0.960. The molecule has 0 bridgehead atoms. The van der Waals surface area contributed by atoms with Crippen molar-refractivity contribution >= 4 is 40.5 Å². The second kappa shape index (κ2) is 4.86. The van der Waals surface area contributed by atoms with Crippen LogP contribution in [0.3, 0.4) is 0 Å². The summed E-state index contributed by atoms with van der Waals surface area (Å²) in [5.41, 5.74) is 2.21. The summed E-state index contributed by atoms with van der Waals surface area (Å²) in [6, 6.07) is 8.25. The summed E-state index contributed by atoms with van der Waals surface area (Å²) in [6.45, 7) is 0. The molecule has 0 saturated carbocycles. The van der Waals surface area contributed by atoms with Gasteiger partial charge in [0.1, 0.15) is 5.82 Å². The van der Waals surface area contributed by atoms with Crippen molar-refractivity contribution in [2.24, 2.45) is 0 Å². The van der Waals surface area contributed by atoms with Gasteiger partial charge in [-0.15, -0.1) is 0 Å². The minimum atomic E-state index is -0.344. The third-order valence-electron chi connectivity index (χ3n) is 3.21. The van der Waals surface area contributed by atoms with Crippen LogP contribution in [0.15, 0.2) is 30.3 Å². The largest absolute Gasteiger partial charge is 0.375 e. The van der Waals surface area contributed by atoms with Crippen molar-refractivity contribution in [2.45, 2.75) is 12.5 Å². The Balaban J connectivity index is 2.00. The van der Waals surface area contributed by atoms with E-state index in [4.69, 9.17) is 34.8 Å². The molecule has 2 aromatic rings. The molecule has 2 aromatic carbocycles. The van der Waals surface area contributed by atoms with Crippen LogP contribution in [0.5, 0.6) is 0 Å². The van der Waals surface area contributed by atoms with Crippen molar-refractivity contribution in [3.63, 3.8) is 0 Å². The van der Waals surface area contributed by atoms with Gasteiger partial charge in [-0.05, 0) is 47.9 Å². The zero-order valence-electron chi connectivity index (χ0n) is 9.68. The molecular formula is C14H9Cl3FN. The molecule has 1 aliphatic heterocycles. The molecule has 1 atom stereocenters. The lowest BCUT2D eigenvalue weighted by Gasteiger charge is -2.14. The molecule has 1 unspecified atom stereocenters. The Bertz CT molecular complexity index is 657. The SMILES string of the molecule is Fc1cc(Cl)cc2c1NC(c1cc(Cl)ccc1Cl)C2. The van der Waals surface area contributed by atoms with Gasteiger partial charge in [0.25, 0.3) is 0 Å². The van der Waals surface area contributed by atoms with Gasteiger partial charge in [0, 0.05) is 15.1 Å². The Morgan fingerprint density at radius 2 is 1.84 bits per heavy atom. The minimum Gasteiger partial charge on any atom is -0.375 e. The van der Waals surface area contributed by atoms with E-state index in [-0.39, 0.29) is 11.9 Å². The van der Waals surface area contributed by atoms with Crippen LogP contribution in [0.1, 0.15) is 17.2 Å². The Morgan fingerprint density at radius 1 is 1.05 bits per heavy atom. The molecule has 0 amide bonds. The fourth-order valence-corrected chi connectivity index (χ4v) is 3.02. The summed E-state index contributed by atoms with van der Waals surface area (Å²) < 4.78 is 13.8. The second-order valence-electron chi connectivity index (χ2n) is 4.49. The molecule has 1 aliphatic rings. The highest BCUT2D eigenvalue weighted by atomic mass is 35.5. The van der Waals surface area contributed by atoms with Crippen LogP contribution in [0.2, 0.25) is 15.1 Å². The highest BCUT2D eigenvalue weighted by Crippen LogP contribution is 2.40. The van der Waals surface area contributed by atoms with Crippen molar-refractivity contribution in [1.82, 2.24) is 0 Å². The Labute approximate surface area is 125 Å². The van der Waals surface area contributed by atoms with Gasteiger partial charge < -0.3 is 5.32 Å². The summed E-state index contributed by atoms with van der Waals surface area (Å²) in [6.07, 6.45) is 0.632. The average Bonchev–Trinajstić information content (AvgIpc) is 2.76. The second-order valence-corrected chi connectivity index (χ2v) is 5.77. The van der Waals surface area contributed by atoms with Crippen LogP contribution in [-0.2, 0) is 6.42 Å². The van der Waals surface area contributed by atoms with Gasteiger partial charge in [0.15, 0.2) is 0 Å². The number of rotatable bonds is 1.